The van der Waals surface area contributed by atoms with Crippen molar-refractivity contribution in [2.45, 2.75) is 33.4 Å². The van der Waals surface area contributed by atoms with Crippen LogP contribution in [0.25, 0.3) is 6.08 Å². The number of hydrogen-bond donors (Lipinski definition) is 0. The predicted molar refractivity (Wildman–Crippen MR) is 95.1 cm³/mol. The number of thioether (sulfide) groups is 1. The second kappa shape index (κ2) is 7.88. The van der Waals surface area contributed by atoms with Gasteiger partial charge >= 0.3 is 5.97 Å². The summed E-state index contributed by atoms with van der Waals surface area (Å²) in [5.41, 5.74) is 2.90. The summed E-state index contributed by atoms with van der Waals surface area (Å²) < 4.78 is 11.8. The number of ether oxygens (including phenoxy) is 2. The summed E-state index contributed by atoms with van der Waals surface area (Å²) in [7, 11) is 2.87. The lowest BCUT2D eigenvalue weighted by molar-refractivity contribution is -0.148. The van der Waals surface area contributed by atoms with Crippen LogP contribution in [0.4, 0.5) is 4.79 Å². The zero-order chi connectivity index (χ0) is 18.7. The molecule has 0 bridgehead atoms. The fraction of sp³-hybridized carbons (Fsp3) is 0.471. The summed E-state index contributed by atoms with van der Waals surface area (Å²) in [4.78, 5) is 37.6. The molecule has 2 rings (SSSR count). The summed E-state index contributed by atoms with van der Waals surface area (Å²) in [5.74, 6) is -1.10. The Bertz CT molecular complexity index is 738. The predicted octanol–water partition coefficient (Wildman–Crippen LogP) is 2.35. The third kappa shape index (κ3) is 3.80. The van der Waals surface area contributed by atoms with E-state index < -0.39 is 23.2 Å². The molecule has 0 saturated carbocycles. The highest BCUT2D eigenvalue weighted by atomic mass is 32.2. The van der Waals surface area contributed by atoms with Crippen LogP contribution < -0.4 is 0 Å². The molecule has 1 aliphatic rings. The monoisotopic (exact) mass is 366 g/mol. The third-order valence-corrected chi connectivity index (χ3v) is 5.06. The van der Waals surface area contributed by atoms with Gasteiger partial charge in [-0.15, -0.1) is 0 Å². The molecule has 1 atom stereocenters. The molecule has 2 heterocycles. The van der Waals surface area contributed by atoms with E-state index in [1.54, 1.807) is 13.2 Å². The quantitative estimate of drug-likeness (QED) is 0.568. The Balaban J connectivity index is 2.29. The maximum atomic E-state index is 12.5. The summed E-state index contributed by atoms with van der Waals surface area (Å²) in [5, 5.41) is -0.470. The highest BCUT2D eigenvalue weighted by Crippen LogP contribution is 2.34. The maximum Gasteiger partial charge on any atom is 0.328 e. The van der Waals surface area contributed by atoms with Gasteiger partial charge in [0.05, 0.1) is 18.6 Å². The lowest BCUT2D eigenvalue weighted by Gasteiger charge is -2.18. The number of aryl methyl sites for hydroxylation is 1. The van der Waals surface area contributed by atoms with Crippen LogP contribution in [0.2, 0.25) is 0 Å². The minimum absolute atomic E-state index is 0.299. The zero-order valence-electron chi connectivity index (χ0n) is 15.0. The number of carbonyl (C=O) groups excluding carboxylic acids is 3. The van der Waals surface area contributed by atoms with E-state index in [9.17, 15) is 14.4 Å². The molecule has 0 spiro atoms. The number of esters is 1. The summed E-state index contributed by atoms with van der Waals surface area (Å²) in [6, 6.07) is 1.01. The molecule has 25 heavy (non-hydrogen) atoms. The van der Waals surface area contributed by atoms with Crippen molar-refractivity contribution in [3.8, 4) is 0 Å². The lowest BCUT2D eigenvalue weighted by atomic mass is 10.2. The SMILES string of the molecule is COCCn1c(C)cc(/C=C2/SC(=O)N(C(C)C(=O)OC)C2=O)c1C. The molecular weight excluding hydrogens is 344 g/mol. The molecule has 7 nitrogen and oxygen atoms in total. The van der Waals surface area contributed by atoms with Crippen LogP contribution in [0.15, 0.2) is 11.0 Å². The molecule has 1 unspecified atom stereocenters. The van der Waals surface area contributed by atoms with Gasteiger partial charge in [-0.2, -0.15) is 0 Å². The van der Waals surface area contributed by atoms with Crippen LogP contribution in [-0.2, 0) is 25.6 Å². The fourth-order valence-electron chi connectivity index (χ4n) is 2.73. The number of methoxy groups -OCH3 is 2. The molecule has 0 N–H and O–H groups in total. The van der Waals surface area contributed by atoms with Crippen LogP contribution in [-0.4, -0.2) is 53.5 Å². The maximum absolute atomic E-state index is 12.5. The molecule has 0 aliphatic carbocycles. The first-order chi connectivity index (χ1) is 11.8. The van der Waals surface area contributed by atoms with Gasteiger partial charge in [0.2, 0.25) is 0 Å². The van der Waals surface area contributed by atoms with E-state index in [4.69, 9.17) is 4.74 Å². The van der Waals surface area contributed by atoms with E-state index in [0.29, 0.717) is 18.1 Å². The van der Waals surface area contributed by atoms with Crippen LogP contribution in [0.5, 0.6) is 0 Å². The Kier molecular flexibility index (Phi) is 6.07. The van der Waals surface area contributed by atoms with Crippen molar-refractivity contribution in [2.24, 2.45) is 0 Å². The van der Waals surface area contributed by atoms with E-state index in [0.717, 1.165) is 33.6 Å². The normalized spacial score (nSPS) is 17.5. The first-order valence-electron chi connectivity index (χ1n) is 7.82. The van der Waals surface area contributed by atoms with Crippen LogP contribution in [0.1, 0.15) is 23.9 Å². The van der Waals surface area contributed by atoms with Crippen LogP contribution >= 0.6 is 11.8 Å². The summed E-state index contributed by atoms with van der Waals surface area (Å²) in [6.07, 6.45) is 1.69. The largest absolute Gasteiger partial charge is 0.467 e. The van der Waals surface area contributed by atoms with Crippen molar-refractivity contribution < 1.29 is 23.9 Å². The number of nitrogens with zero attached hydrogens (tertiary/aromatic N) is 2. The molecule has 1 aliphatic heterocycles. The van der Waals surface area contributed by atoms with Crippen LogP contribution in [0.3, 0.4) is 0 Å². The number of imide groups is 1. The van der Waals surface area contributed by atoms with E-state index >= 15 is 0 Å². The molecule has 0 radical (unpaired) electrons. The van der Waals surface area contributed by atoms with Gasteiger partial charge in [0.15, 0.2) is 0 Å². The number of amides is 2. The van der Waals surface area contributed by atoms with E-state index in [2.05, 4.69) is 9.30 Å². The summed E-state index contributed by atoms with van der Waals surface area (Å²) in [6.45, 7) is 6.70. The second-order valence-corrected chi connectivity index (χ2v) is 6.71. The van der Waals surface area contributed by atoms with Gasteiger partial charge in [-0.3, -0.25) is 14.5 Å². The summed E-state index contributed by atoms with van der Waals surface area (Å²) >= 11 is 0.831. The van der Waals surface area contributed by atoms with Gasteiger partial charge in [0.25, 0.3) is 11.1 Å². The highest BCUT2D eigenvalue weighted by Gasteiger charge is 2.41. The fourth-order valence-corrected chi connectivity index (χ4v) is 3.63. The standard InChI is InChI=1S/C17H22N2O5S/c1-10-8-13(11(2)18(10)6-7-23-4)9-14-15(20)19(17(22)25-14)12(3)16(21)24-5/h8-9,12H,6-7H2,1-5H3/b14-9+. The van der Waals surface area contributed by atoms with Crippen molar-refractivity contribution >= 4 is 35.0 Å². The van der Waals surface area contributed by atoms with E-state index in [1.807, 2.05) is 19.9 Å². The van der Waals surface area contributed by atoms with Crippen molar-refractivity contribution in [1.29, 1.82) is 0 Å². The Morgan fingerprint density at radius 1 is 1.32 bits per heavy atom. The van der Waals surface area contributed by atoms with Gasteiger partial charge in [-0.25, -0.2) is 4.79 Å². The minimum Gasteiger partial charge on any atom is -0.467 e. The molecule has 136 valence electrons. The molecule has 0 aromatic carbocycles. The Labute approximate surface area is 150 Å². The average molecular weight is 366 g/mol. The van der Waals surface area contributed by atoms with E-state index in [1.165, 1.54) is 14.0 Å². The van der Waals surface area contributed by atoms with Crippen molar-refractivity contribution in [3.05, 3.63) is 27.9 Å². The first-order valence-corrected chi connectivity index (χ1v) is 8.64. The van der Waals surface area contributed by atoms with Crippen molar-refractivity contribution in [3.63, 3.8) is 0 Å². The lowest BCUT2D eigenvalue weighted by Crippen LogP contribution is -2.42. The second-order valence-electron chi connectivity index (χ2n) is 5.72. The molecular formula is C17H22N2O5S. The topological polar surface area (TPSA) is 77.8 Å². The van der Waals surface area contributed by atoms with Gasteiger partial charge in [-0.1, -0.05) is 0 Å². The number of rotatable bonds is 6. The van der Waals surface area contributed by atoms with Crippen molar-refractivity contribution in [1.82, 2.24) is 9.47 Å². The molecule has 8 heteroatoms. The van der Waals surface area contributed by atoms with Crippen molar-refractivity contribution in [2.75, 3.05) is 20.8 Å². The van der Waals surface area contributed by atoms with Gasteiger partial charge < -0.3 is 14.0 Å². The number of carbonyl (C=O) groups is 3. The molecule has 1 fully saturated rings. The number of aromatic nitrogens is 1. The molecule has 2 amide bonds. The highest BCUT2D eigenvalue weighted by molar-refractivity contribution is 8.18. The van der Waals surface area contributed by atoms with E-state index in [-0.39, 0.29) is 0 Å². The van der Waals surface area contributed by atoms with Gasteiger partial charge in [0.1, 0.15) is 6.04 Å². The number of hydrogen-bond acceptors (Lipinski definition) is 6. The molecule has 1 aromatic heterocycles. The first kappa shape index (κ1) is 19.3. The third-order valence-electron chi connectivity index (χ3n) is 4.17. The average Bonchev–Trinajstić information content (AvgIpc) is 3.00. The Morgan fingerprint density at radius 2 is 2.00 bits per heavy atom. The Morgan fingerprint density at radius 3 is 2.60 bits per heavy atom. The van der Waals surface area contributed by atoms with Gasteiger partial charge in [0, 0.05) is 25.0 Å². The zero-order valence-corrected chi connectivity index (χ0v) is 15.8. The van der Waals surface area contributed by atoms with Crippen LogP contribution in [0, 0.1) is 13.8 Å². The smallest absolute Gasteiger partial charge is 0.328 e. The van der Waals surface area contributed by atoms with Gasteiger partial charge in [-0.05, 0) is 50.2 Å². The molecule has 1 saturated heterocycles. The Hall–Kier alpha value is -2.06. The molecule has 1 aromatic rings. The minimum atomic E-state index is -0.947.